The summed E-state index contributed by atoms with van der Waals surface area (Å²) in [6.07, 6.45) is 6.45. The lowest BCUT2D eigenvalue weighted by atomic mass is 10.2. The van der Waals surface area contributed by atoms with Crippen LogP contribution < -0.4 is 9.47 Å². The lowest BCUT2D eigenvalue weighted by molar-refractivity contribution is -0.134. The van der Waals surface area contributed by atoms with E-state index in [-0.39, 0.29) is 28.5 Å². The fraction of sp³-hybridized carbons (Fsp3) is 0.550. The Hall–Kier alpha value is -2.06. The summed E-state index contributed by atoms with van der Waals surface area (Å²) in [7, 11) is 0.286. The third kappa shape index (κ3) is 4.67. The standard InChI is InChI=1S/C20H29NO6S/c1-14(2)21(16-8-6-7-9-16)28(23,24)18-13-15(10-11-19(22)26-4)12-17(25-3)20(18)27-5/h10-14,16H,6-9H2,1-5H3/b11-10+. The minimum absolute atomic E-state index is 0.0273. The van der Waals surface area contributed by atoms with Crippen molar-refractivity contribution >= 4 is 22.1 Å². The second kappa shape index (κ2) is 9.43. The maximum absolute atomic E-state index is 13.6. The molecule has 0 unspecified atom stereocenters. The first-order valence-electron chi connectivity index (χ1n) is 9.31. The Morgan fingerprint density at radius 1 is 1.14 bits per heavy atom. The number of nitrogens with zero attached hydrogens (tertiary/aromatic N) is 1. The van der Waals surface area contributed by atoms with Crippen LogP contribution in [0.3, 0.4) is 0 Å². The van der Waals surface area contributed by atoms with E-state index in [1.165, 1.54) is 39.5 Å². The summed E-state index contributed by atoms with van der Waals surface area (Å²) in [5, 5.41) is 0. The number of sulfonamides is 1. The maximum atomic E-state index is 13.6. The molecular weight excluding hydrogens is 382 g/mol. The molecule has 0 aromatic heterocycles. The topological polar surface area (TPSA) is 82.1 Å². The van der Waals surface area contributed by atoms with Gasteiger partial charge in [0.15, 0.2) is 11.5 Å². The number of rotatable bonds is 8. The summed E-state index contributed by atoms with van der Waals surface area (Å²) in [4.78, 5) is 11.5. The van der Waals surface area contributed by atoms with Gasteiger partial charge < -0.3 is 14.2 Å². The van der Waals surface area contributed by atoms with E-state index in [4.69, 9.17) is 9.47 Å². The molecule has 0 saturated heterocycles. The van der Waals surface area contributed by atoms with Gasteiger partial charge in [-0.15, -0.1) is 0 Å². The first kappa shape index (κ1) is 22.2. The molecule has 0 amide bonds. The Morgan fingerprint density at radius 2 is 1.79 bits per heavy atom. The third-order valence-electron chi connectivity index (χ3n) is 4.83. The molecule has 7 nitrogen and oxygen atoms in total. The number of carbonyl (C=O) groups excluding carboxylic acids is 1. The predicted octanol–water partition coefficient (Wildman–Crippen LogP) is 3.23. The molecular formula is C20H29NO6S. The molecule has 8 heteroatoms. The minimum atomic E-state index is -3.85. The van der Waals surface area contributed by atoms with Gasteiger partial charge in [-0.25, -0.2) is 13.2 Å². The van der Waals surface area contributed by atoms with Crippen LogP contribution in [0.2, 0.25) is 0 Å². The third-order valence-corrected chi connectivity index (χ3v) is 6.96. The zero-order valence-electron chi connectivity index (χ0n) is 17.1. The monoisotopic (exact) mass is 411 g/mol. The molecule has 0 N–H and O–H groups in total. The van der Waals surface area contributed by atoms with Crippen LogP contribution in [0.1, 0.15) is 45.1 Å². The van der Waals surface area contributed by atoms with Crippen LogP contribution in [-0.4, -0.2) is 52.1 Å². The Kier molecular flexibility index (Phi) is 7.48. The first-order valence-corrected chi connectivity index (χ1v) is 10.8. The Bertz CT molecular complexity index is 825. The molecule has 1 fully saturated rings. The zero-order chi connectivity index (χ0) is 20.9. The largest absolute Gasteiger partial charge is 0.493 e. The van der Waals surface area contributed by atoms with Crippen LogP contribution >= 0.6 is 0 Å². The lowest BCUT2D eigenvalue weighted by Crippen LogP contribution is -2.43. The van der Waals surface area contributed by atoms with Crippen molar-refractivity contribution in [3.63, 3.8) is 0 Å². The number of hydrogen-bond donors (Lipinski definition) is 0. The maximum Gasteiger partial charge on any atom is 0.330 e. The highest BCUT2D eigenvalue weighted by molar-refractivity contribution is 7.89. The van der Waals surface area contributed by atoms with E-state index in [0.717, 1.165) is 25.7 Å². The lowest BCUT2D eigenvalue weighted by Gasteiger charge is -2.32. The quantitative estimate of drug-likeness (QED) is 0.482. The molecule has 0 radical (unpaired) electrons. The highest BCUT2D eigenvalue weighted by atomic mass is 32.2. The van der Waals surface area contributed by atoms with Crippen LogP contribution in [-0.2, 0) is 19.6 Å². The molecule has 28 heavy (non-hydrogen) atoms. The molecule has 0 bridgehead atoms. The van der Waals surface area contributed by atoms with E-state index in [1.807, 2.05) is 13.8 Å². The summed E-state index contributed by atoms with van der Waals surface area (Å²) < 4.78 is 44.2. The van der Waals surface area contributed by atoms with E-state index in [9.17, 15) is 13.2 Å². The number of carbonyl (C=O) groups is 1. The zero-order valence-corrected chi connectivity index (χ0v) is 17.9. The smallest absolute Gasteiger partial charge is 0.330 e. The Morgan fingerprint density at radius 3 is 2.29 bits per heavy atom. The molecule has 156 valence electrons. The number of esters is 1. The van der Waals surface area contributed by atoms with Crippen molar-refractivity contribution in [2.45, 2.75) is 56.5 Å². The highest BCUT2D eigenvalue weighted by Gasteiger charge is 2.37. The number of benzene rings is 1. The van der Waals surface area contributed by atoms with Crippen molar-refractivity contribution in [2.24, 2.45) is 0 Å². The van der Waals surface area contributed by atoms with Crippen molar-refractivity contribution in [1.29, 1.82) is 0 Å². The minimum Gasteiger partial charge on any atom is -0.493 e. The SMILES string of the molecule is COC(=O)/C=C/c1cc(OC)c(OC)c(S(=O)(=O)N(C(C)C)C2CCCC2)c1. The fourth-order valence-corrected chi connectivity index (χ4v) is 5.73. The molecule has 0 aliphatic heterocycles. The second-order valence-corrected chi connectivity index (χ2v) is 8.79. The molecule has 1 aliphatic rings. The summed E-state index contributed by atoms with van der Waals surface area (Å²) in [5.41, 5.74) is 0.497. The van der Waals surface area contributed by atoms with Gasteiger partial charge in [0.2, 0.25) is 10.0 Å². The van der Waals surface area contributed by atoms with Gasteiger partial charge in [-0.2, -0.15) is 4.31 Å². The van der Waals surface area contributed by atoms with Crippen LogP contribution in [0.5, 0.6) is 11.5 Å². The van der Waals surface area contributed by atoms with Crippen molar-refractivity contribution < 1.29 is 27.4 Å². The van der Waals surface area contributed by atoms with E-state index in [1.54, 1.807) is 10.4 Å². The summed E-state index contributed by atoms with van der Waals surface area (Å²) >= 11 is 0. The summed E-state index contributed by atoms with van der Waals surface area (Å²) in [6, 6.07) is 2.89. The van der Waals surface area contributed by atoms with Crippen LogP contribution in [0.4, 0.5) is 0 Å². The van der Waals surface area contributed by atoms with E-state index in [2.05, 4.69) is 4.74 Å². The number of ether oxygens (including phenoxy) is 3. The summed E-state index contributed by atoms with van der Waals surface area (Å²) in [5.74, 6) is -0.0986. The average molecular weight is 412 g/mol. The predicted molar refractivity (Wildman–Crippen MR) is 107 cm³/mol. The van der Waals surface area contributed by atoms with Crippen molar-refractivity contribution in [2.75, 3.05) is 21.3 Å². The van der Waals surface area contributed by atoms with Gasteiger partial charge in [0.05, 0.1) is 21.3 Å². The van der Waals surface area contributed by atoms with Gasteiger partial charge in [-0.05, 0) is 50.5 Å². The van der Waals surface area contributed by atoms with Crippen molar-refractivity contribution in [1.82, 2.24) is 4.31 Å². The average Bonchev–Trinajstić information content (AvgIpc) is 3.18. The normalized spacial score (nSPS) is 15.5. The number of methoxy groups -OCH3 is 3. The Labute approximate surface area is 167 Å². The fourth-order valence-electron chi connectivity index (χ4n) is 3.64. The molecule has 1 aromatic rings. The number of hydrogen-bond acceptors (Lipinski definition) is 6. The molecule has 0 atom stereocenters. The highest BCUT2D eigenvalue weighted by Crippen LogP contribution is 2.40. The van der Waals surface area contributed by atoms with Gasteiger partial charge in [0, 0.05) is 18.2 Å². The van der Waals surface area contributed by atoms with Gasteiger partial charge in [-0.3, -0.25) is 0 Å². The van der Waals surface area contributed by atoms with Crippen molar-refractivity contribution in [3.05, 3.63) is 23.8 Å². The van der Waals surface area contributed by atoms with Gasteiger partial charge in [0.25, 0.3) is 0 Å². The van der Waals surface area contributed by atoms with Gasteiger partial charge in [-0.1, -0.05) is 12.8 Å². The molecule has 1 aliphatic carbocycles. The molecule has 0 heterocycles. The van der Waals surface area contributed by atoms with Crippen molar-refractivity contribution in [3.8, 4) is 11.5 Å². The second-order valence-electron chi connectivity index (χ2n) is 6.98. The molecule has 0 spiro atoms. The van der Waals surface area contributed by atoms with Gasteiger partial charge >= 0.3 is 5.97 Å². The van der Waals surface area contributed by atoms with Crippen LogP contribution in [0.15, 0.2) is 23.1 Å². The van der Waals surface area contributed by atoms with E-state index in [0.29, 0.717) is 5.56 Å². The van der Waals surface area contributed by atoms with E-state index < -0.39 is 16.0 Å². The van der Waals surface area contributed by atoms with Gasteiger partial charge in [0.1, 0.15) is 4.90 Å². The molecule has 2 rings (SSSR count). The van der Waals surface area contributed by atoms with Crippen LogP contribution in [0, 0.1) is 0 Å². The molecule has 1 saturated carbocycles. The van der Waals surface area contributed by atoms with Crippen LogP contribution in [0.25, 0.3) is 6.08 Å². The summed E-state index contributed by atoms with van der Waals surface area (Å²) in [6.45, 7) is 3.75. The van der Waals surface area contributed by atoms with E-state index >= 15 is 0 Å². The molecule has 1 aromatic carbocycles. The Balaban J connectivity index is 2.62. The first-order chi connectivity index (χ1) is 13.3.